The fourth-order valence-corrected chi connectivity index (χ4v) is 1.75. The quantitative estimate of drug-likeness (QED) is 0.751. The van der Waals surface area contributed by atoms with Crippen molar-refractivity contribution in [3.63, 3.8) is 0 Å². The Balaban J connectivity index is 2.29. The van der Waals surface area contributed by atoms with Gasteiger partial charge >= 0.3 is 0 Å². The molecule has 1 atom stereocenters. The first-order valence-corrected chi connectivity index (χ1v) is 5.88. The molecular formula is C9H15BrN2O2. The van der Waals surface area contributed by atoms with E-state index < -0.39 is 0 Å². The van der Waals surface area contributed by atoms with Gasteiger partial charge in [0.15, 0.2) is 0 Å². The average molecular weight is 263 g/mol. The number of hydrogen-bond acceptors (Lipinski definition) is 2. The van der Waals surface area contributed by atoms with Crippen LogP contribution in [0.15, 0.2) is 0 Å². The van der Waals surface area contributed by atoms with E-state index in [1.165, 1.54) is 0 Å². The summed E-state index contributed by atoms with van der Waals surface area (Å²) in [6.45, 7) is 3.36. The Morgan fingerprint density at radius 1 is 1.71 bits per heavy atom. The van der Waals surface area contributed by atoms with Gasteiger partial charge in [-0.25, -0.2) is 0 Å². The summed E-state index contributed by atoms with van der Waals surface area (Å²) in [5.41, 5.74) is 0. The fraction of sp³-hybridized carbons (Fsp3) is 0.778. The number of hydrogen-bond donors (Lipinski definition) is 1. The molecule has 80 valence electrons. The second-order valence-corrected chi connectivity index (χ2v) is 4.11. The van der Waals surface area contributed by atoms with Gasteiger partial charge in [0.05, 0.1) is 5.33 Å². The van der Waals surface area contributed by atoms with E-state index in [-0.39, 0.29) is 17.9 Å². The first kappa shape index (κ1) is 11.5. The van der Waals surface area contributed by atoms with Crippen LogP contribution in [0.4, 0.5) is 0 Å². The maximum Gasteiger partial charge on any atom is 0.230 e. The molecule has 1 heterocycles. The summed E-state index contributed by atoms with van der Waals surface area (Å²) in [7, 11) is 0. The van der Waals surface area contributed by atoms with Crippen LogP contribution >= 0.6 is 15.9 Å². The molecule has 2 amide bonds. The van der Waals surface area contributed by atoms with E-state index in [0.29, 0.717) is 18.3 Å². The molecule has 1 unspecified atom stereocenters. The zero-order valence-corrected chi connectivity index (χ0v) is 9.84. The molecular weight excluding hydrogens is 248 g/mol. The molecule has 0 saturated carbocycles. The smallest absolute Gasteiger partial charge is 0.230 e. The van der Waals surface area contributed by atoms with Crippen LogP contribution in [0, 0.1) is 0 Å². The van der Waals surface area contributed by atoms with E-state index >= 15 is 0 Å². The summed E-state index contributed by atoms with van der Waals surface area (Å²) >= 11 is 3.08. The monoisotopic (exact) mass is 262 g/mol. The summed E-state index contributed by atoms with van der Waals surface area (Å²) < 4.78 is 0. The summed E-state index contributed by atoms with van der Waals surface area (Å²) in [5.74, 6) is 0.161. The summed E-state index contributed by atoms with van der Waals surface area (Å²) in [4.78, 5) is 24.1. The summed E-state index contributed by atoms with van der Waals surface area (Å²) in [5, 5.41) is 3.11. The molecule has 0 bridgehead atoms. The van der Waals surface area contributed by atoms with Crippen molar-refractivity contribution in [3.8, 4) is 0 Å². The second kappa shape index (κ2) is 5.34. The van der Waals surface area contributed by atoms with Crippen molar-refractivity contribution in [2.75, 3.05) is 18.4 Å². The third-order valence-corrected chi connectivity index (χ3v) is 2.70. The Morgan fingerprint density at radius 3 is 2.93 bits per heavy atom. The first-order valence-electron chi connectivity index (χ1n) is 4.76. The van der Waals surface area contributed by atoms with Gasteiger partial charge in [0.25, 0.3) is 0 Å². The van der Waals surface area contributed by atoms with Gasteiger partial charge in [-0.3, -0.25) is 9.59 Å². The number of alkyl halides is 1. The van der Waals surface area contributed by atoms with Crippen molar-refractivity contribution in [2.45, 2.75) is 25.8 Å². The van der Waals surface area contributed by atoms with Crippen molar-refractivity contribution < 1.29 is 9.59 Å². The SMILES string of the molecule is CC(CN1CCCC1=O)NC(=O)CBr. The van der Waals surface area contributed by atoms with Gasteiger partial charge in [0.1, 0.15) is 0 Å². The van der Waals surface area contributed by atoms with Gasteiger partial charge in [-0.15, -0.1) is 0 Å². The molecule has 1 aliphatic heterocycles. The van der Waals surface area contributed by atoms with Crippen LogP contribution in [0.25, 0.3) is 0 Å². The molecule has 0 spiro atoms. The highest BCUT2D eigenvalue weighted by atomic mass is 79.9. The fourth-order valence-electron chi connectivity index (χ4n) is 1.59. The Kier molecular flexibility index (Phi) is 4.38. The molecule has 0 aromatic rings. The van der Waals surface area contributed by atoms with Crippen LogP contribution in [-0.4, -0.2) is 41.2 Å². The first-order chi connectivity index (χ1) is 6.63. The molecule has 0 aromatic carbocycles. The zero-order valence-electron chi connectivity index (χ0n) is 8.25. The molecule has 1 saturated heterocycles. The third-order valence-electron chi connectivity index (χ3n) is 2.19. The lowest BCUT2D eigenvalue weighted by Gasteiger charge is -2.21. The Labute approximate surface area is 92.2 Å². The van der Waals surface area contributed by atoms with Crippen molar-refractivity contribution in [3.05, 3.63) is 0 Å². The van der Waals surface area contributed by atoms with Crippen molar-refractivity contribution in [1.29, 1.82) is 0 Å². The summed E-state index contributed by atoms with van der Waals surface area (Å²) in [6, 6.07) is 0.0297. The van der Waals surface area contributed by atoms with Gasteiger partial charge in [-0.1, -0.05) is 15.9 Å². The number of nitrogens with one attached hydrogen (secondary N) is 1. The lowest BCUT2D eigenvalue weighted by atomic mass is 10.3. The molecule has 1 aliphatic rings. The highest BCUT2D eigenvalue weighted by Crippen LogP contribution is 2.09. The van der Waals surface area contributed by atoms with E-state index in [1.807, 2.05) is 6.92 Å². The minimum Gasteiger partial charge on any atom is -0.351 e. The molecule has 4 nitrogen and oxygen atoms in total. The lowest BCUT2D eigenvalue weighted by Crippen LogP contribution is -2.42. The van der Waals surface area contributed by atoms with Crippen molar-refractivity contribution in [1.82, 2.24) is 10.2 Å². The molecule has 0 aliphatic carbocycles. The Morgan fingerprint density at radius 2 is 2.43 bits per heavy atom. The van der Waals surface area contributed by atoms with Crippen LogP contribution in [-0.2, 0) is 9.59 Å². The number of rotatable bonds is 4. The minimum absolute atomic E-state index is 0.0297. The largest absolute Gasteiger partial charge is 0.351 e. The topological polar surface area (TPSA) is 49.4 Å². The van der Waals surface area contributed by atoms with Crippen molar-refractivity contribution >= 4 is 27.7 Å². The molecule has 1 fully saturated rings. The predicted molar refractivity (Wildman–Crippen MR) is 57.2 cm³/mol. The molecule has 14 heavy (non-hydrogen) atoms. The molecule has 1 rings (SSSR count). The van der Waals surface area contributed by atoms with Gasteiger partial charge < -0.3 is 10.2 Å². The van der Waals surface area contributed by atoms with E-state index in [0.717, 1.165) is 13.0 Å². The standard InChI is InChI=1S/C9H15BrN2O2/c1-7(11-8(13)5-10)6-12-4-2-3-9(12)14/h7H,2-6H2,1H3,(H,11,13). The molecule has 0 aromatic heterocycles. The van der Waals surface area contributed by atoms with E-state index in [4.69, 9.17) is 0 Å². The highest BCUT2D eigenvalue weighted by Gasteiger charge is 2.21. The minimum atomic E-state index is -0.0378. The maximum absolute atomic E-state index is 11.3. The van der Waals surface area contributed by atoms with Gasteiger partial charge in [0, 0.05) is 25.6 Å². The number of likely N-dealkylation sites (tertiary alicyclic amines) is 1. The number of nitrogens with zero attached hydrogens (tertiary/aromatic N) is 1. The molecule has 5 heteroatoms. The maximum atomic E-state index is 11.3. The zero-order chi connectivity index (χ0) is 10.6. The van der Waals surface area contributed by atoms with E-state index in [2.05, 4.69) is 21.2 Å². The number of carbonyl (C=O) groups excluding carboxylic acids is 2. The van der Waals surface area contributed by atoms with E-state index in [9.17, 15) is 9.59 Å². The highest BCUT2D eigenvalue weighted by molar-refractivity contribution is 9.09. The number of halogens is 1. The normalized spacial score (nSPS) is 18.4. The predicted octanol–water partition coefficient (Wildman–Crippen LogP) is 0.508. The molecule has 1 N–H and O–H groups in total. The number of amides is 2. The summed E-state index contributed by atoms with van der Waals surface area (Å²) in [6.07, 6.45) is 1.59. The Bertz CT molecular complexity index is 233. The molecule has 0 radical (unpaired) electrons. The number of carbonyl (C=O) groups is 2. The van der Waals surface area contributed by atoms with Gasteiger partial charge in [-0.05, 0) is 13.3 Å². The van der Waals surface area contributed by atoms with Gasteiger partial charge in [0.2, 0.25) is 11.8 Å². The van der Waals surface area contributed by atoms with E-state index in [1.54, 1.807) is 4.90 Å². The Hall–Kier alpha value is -0.580. The average Bonchev–Trinajstić information content (AvgIpc) is 2.51. The van der Waals surface area contributed by atoms with Crippen molar-refractivity contribution in [2.24, 2.45) is 0 Å². The van der Waals surface area contributed by atoms with Crippen LogP contribution in [0.3, 0.4) is 0 Å². The second-order valence-electron chi connectivity index (χ2n) is 3.55. The van der Waals surface area contributed by atoms with Crippen LogP contribution < -0.4 is 5.32 Å². The van der Waals surface area contributed by atoms with Gasteiger partial charge in [-0.2, -0.15) is 0 Å². The van der Waals surface area contributed by atoms with Crippen LogP contribution in [0.1, 0.15) is 19.8 Å². The third kappa shape index (κ3) is 3.29. The van der Waals surface area contributed by atoms with Crippen LogP contribution in [0.2, 0.25) is 0 Å². The van der Waals surface area contributed by atoms with Crippen LogP contribution in [0.5, 0.6) is 0 Å². The lowest BCUT2D eigenvalue weighted by molar-refractivity contribution is -0.128.